The van der Waals surface area contributed by atoms with Gasteiger partial charge in [0.2, 0.25) is 0 Å². The van der Waals surface area contributed by atoms with E-state index in [1.807, 2.05) is 55.5 Å². The van der Waals surface area contributed by atoms with Crippen molar-refractivity contribution in [3.8, 4) is 5.69 Å². The van der Waals surface area contributed by atoms with Crippen LogP contribution in [0.25, 0.3) is 11.8 Å². The number of hydrogen-bond acceptors (Lipinski definition) is 4. The average molecular weight is 719 g/mol. The second kappa shape index (κ2) is 11.7. The number of thiazole rings is 1. The number of benzene rings is 3. The number of aryl methyl sites for hydroxylation is 2. The Labute approximate surface area is 271 Å². The van der Waals surface area contributed by atoms with Crippen LogP contribution in [-0.2, 0) is 4.79 Å². The highest BCUT2D eigenvalue weighted by atomic mass is 127. The van der Waals surface area contributed by atoms with Gasteiger partial charge < -0.3 is 9.88 Å². The fourth-order valence-corrected chi connectivity index (χ4v) is 7.15. The molecular weight excluding hydrogens is 691 g/mol. The van der Waals surface area contributed by atoms with E-state index in [0.29, 0.717) is 31.3 Å². The Morgan fingerprint density at radius 3 is 2.42 bits per heavy atom. The van der Waals surface area contributed by atoms with Crippen molar-refractivity contribution < 1.29 is 4.79 Å². The second-order valence-electron chi connectivity index (χ2n) is 10.5. The van der Waals surface area contributed by atoms with Gasteiger partial charge in [0.1, 0.15) is 0 Å². The van der Waals surface area contributed by atoms with Gasteiger partial charge in [-0.2, -0.15) is 0 Å². The van der Waals surface area contributed by atoms with Gasteiger partial charge in [-0.25, -0.2) is 4.99 Å². The number of anilines is 1. The number of para-hydroxylation sites is 1. The molecule has 0 fully saturated rings. The van der Waals surface area contributed by atoms with Crippen LogP contribution in [0.4, 0.5) is 5.69 Å². The van der Waals surface area contributed by atoms with Crippen LogP contribution in [0.2, 0.25) is 5.02 Å². The minimum atomic E-state index is -0.665. The first kappa shape index (κ1) is 29.3. The van der Waals surface area contributed by atoms with Gasteiger partial charge in [0.25, 0.3) is 11.5 Å². The number of fused-ring (bicyclic) bond motifs is 1. The molecule has 0 unspecified atom stereocenters. The van der Waals surface area contributed by atoms with Gasteiger partial charge in [0, 0.05) is 31.4 Å². The summed E-state index contributed by atoms with van der Waals surface area (Å²) >= 11 is 9.91. The van der Waals surface area contributed by atoms with Gasteiger partial charge in [-0.05, 0) is 116 Å². The molecule has 43 heavy (non-hydrogen) atoms. The van der Waals surface area contributed by atoms with E-state index in [1.54, 1.807) is 16.7 Å². The predicted octanol–water partition coefficient (Wildman–Crippen LogP) is 6.85. The zero-order chi connectivity index (χ0) is 30.4. The molecule has 1 N–H and O–H groups in total. The molecule has 6 nitrogen and oxygen atoms in total. The Hall–Kier alpha value is -3.73. The van der Waals surface area contributed by atoms with Crippen molar-refractivity contribution >= 4 is 63.2 Å². The van der Waals surface area contributed by atoms with Crippen LogP contribution in [-0.4, -0.2) is 15.0 Å². The maximum atomic E-state index is 14.2. The molecule has 0 saturated heterocycles. The maximum Gasteiger partial charge on any atom is 0.271 e. The summed E-state index contributed by atoms with van der Waals surface area (Å²) in [4.78, 5) is 33.2. The third-order valence-corrected chi connectivity index (χ3v) is 10.1. The van der Waals surface area contributed by atoms with E-state index >= 15 is 0 Å². The molecule has 9 heteroatoms. The second-order valence-corrected chi connectivity index (χ2v) is 13.2. The van der Waals surface area contributed by atoms with Gasteiger partial charge in [-0.15, -0.1) is 0 Å². The van der Waals surface area contributed by atoms with Gasteiger partial charge in [0.05, 0.1) is 21.8 Å². The highest BCUT2D eigenvalue weighted by molar-refractivity contribution is 14.1. The van der Waals surface area contributed by atoms with Gasteiger partial charge in [0.15, 0.2) is 4.80 Å². The Balaban J connectivity index is 1.49. The van der Waals surface area contributed by atoms with E-state index in [2.05, 4.69) is 77.5 Å². The topological polar surface area (TPSA) is 68.4 Å². The molecule has 3 heterocycles. The molecule has 6 rings (SSSR count). The number of halogens is 2. The molecule has 3 aromatic carbocycles. The molecule has 5 aromatic rings. The fraction of sp³-hybridized carbons (Fsp3) is 0.147. The van der Waals surface area contributed by atoms with Crippen LogP contribution >= 0.6 is 45.5 Å². The largest absolute Gasteiger partial charge is 0.322 e. The fourth-order valence-electron chi connectivity index (χ4n) is 5.49. The third-order valence-electron chi connectivity index (χ3n) is 7.65. The molecular formula is C34H28ClIN4O2S. The first-order chi connectivity index (χ1) is 20.6. The first-order valence-corrected chi connectivity index (χ1v) is 16.0. The van der Waals surface area contributed by atoms with Crippen LogP contribution in [0.3, 0.4) is 0 Å². The van der Waals surface area contributed by atoms with Crippen molar-refractivity contribution in [2.75, 3.05) is 5.32 Å². The molecule has 0 saturated carbocycles. The van der Waals surface area contributed by atoms with E-state index in [9.17, 15) is 9.59 Å². The Morgan fingerprint density at radius 1 is 1.00 bits per heavy atom. The molecule has 2 aromatic heterocycles. The standard InChI is InChI=1S/C34H28ClIN4O2S/c1-19-10-15-27(18-28(19)36)39-20(2)16-24(22(39)4)17-29-33(42)40-31(23-11-13-25(35)14-12-23)30(21(3)37-34(40)43-29)32(41)38-26-8-6-5-7-9-26/h5-18,31H,1-4H3,(H,38,41)/b29-17-/t31-/m1/s1. The van der Waals surface area contributed by atoms with E-state index < -0.39 is 6.04 Å². The lowest BCUT2D eigenvalue weighted by Gasteiger charge is -2.25. The molecule has 0 bridgehead atoms. The van der Waals surface area contributed by atoms with Gasteiger partial charge >= 0.3 is 0 Å². The summed E-state index contributed by atoms with van der Waals surface area (Å²) < 4.78 is 5.59. The highest BCUT2D eigenvalue weighted by Gasteiger charge is 2.32. The normalized spacial score (nSPS) is 14.9. The Bertz CT molecular complexity index is 2110. The zero-order valence-electron chi connectivity index (χ0n) is 24.0. The lowest BCUT2D eigenvalue weighted by atomic mass is 9.95. The summed E-state index contributed by atoms with van der Waals surface area (Å²) in [6, 6.07) is 24.4. The smallest absolute Gasteiger partial charge is 0.271 e. The number of aromatic nitrogens is 2. The monoisotopic (exact) mass is 718 g/mol. The number of rotatable bonds is 5. The first-order valence-electron chi connectivity index (χ1n) is 13.7. The molecule has 1 amide bonds. The van der Waals surface area contributed by atoms with E-state index in [1.165, 1.54) is 20.5 Å². The zero-order valence-corrected chi connectivity index (χ0v) is 27.7. The van der Waals surface area contributed by atoms with Crippen LogP contribution in [0.5, 0.6) is 0 Å². The highest BCUT2D eigenvalue weighted by Crippen LogP contribution is 2.31. The molecule has 1 aliphatic heterocycles. The lowest BCUT2D eigenvalue weighted by Crippen LogP contribution is -2.40. The van der Waals surface area contributed by atoms with E-state index in [-0.39, 0.29) is 11.5 Å². The molecule has 0 spiro atoms. The number of hydrogen-bond donors (Lipinski definition) is 1. The number of amides is 1. The van der Waals surface area contributed by atoms with Gasteiger partial charge in [-0.1, -0.05) is 59.3 Å². The average Bonchev–Trinajstić information content (AvgIpc) is 3.44. The predicted molar refractivity (Wildman–Crippen MR) is 183 cm³/mol. The number of allylic oxidation sites excluding steroid dienone is 1. The lowest BCUT2D eigenvalue weighted by molar-refractivity contribution is -0.113. The van der Waals surface area contributed by atoms with Crippen molar-refractivity contribution in [2.45, 2.75) is 33.7 Å². The third kappa shape index (κ3) is 5.55. The summed E-state index contributed by atoms with van der Waals surface area (Å²) in [5, 5.41) is 3.56. The summed E-state index contributed by atoms with van der Waals surface area (Å²) in [7, 11) is 0. The van der Waals surface area contributed by atoms with E-state index in [0.717, 1.165) is 28.2 Å². The minimum Gasteiger partial charge on any atom is -0.322 e. The van der Waals surface area contributed by atoms with Crippen LogP contribution < -0.4 is 20.2 Å². The number of carbonyl (C=O) groups excluding carboxylic acids is 1. The van der Waals surface area contributed by atoms with E-state index in [4.69, 9.17) is 16.6 Å². The number of nitrogens with zero attached hydrogens (tertiary/aromatic N) is 3. The van der Waals surface area contributed by atoms with Crippen molar-refractivity contribution in [3.63, 3.8) is 0 Å². The molecule has 0 radical (unpaired) electrons. The summed E-state index contributed by atoms with van der Waals surface area (Å²) in [5.74, 6) is -0.307. The van der Waals surface area contributed by atoms with Crippen molar-refractivity contribution in [2.24, 2.45) is 4.99 Å². The van der Waals surface area contributed by atoms with Crippen molar-refractivity contribution in [3.05, 3.63) is 146 Å². The molecule has 216 valence electrons. The maximum absolute atomic E-state index is 14.2. The molecule has 1 aliphatic rings. The molecule has 1 atom stereocenters. The number of carbonyl (C=O) groups is 1. The van der Waals surface area contributed by atoms with Crippen LogP contribution in [0, 0.1) is 24.3 Å². The van der Waals surface area contributed by atoms with Gasteiger partial charge in [-0.3, -0.25) is 14.2 Å². The SMILES string of the molecule is CC1=C(C(=O)Nc2ccccc2)[C@@H](c2ccc(Cl)cc2)n2c(s/c(=C\c3cc(C)n(-c4ccc(C)c(I)c4)c3C)c2=O)=N1. The van der Waals surface area contributed by atoms with Crippen LogP contribution in [0.15, 0.2) is 99.9 Å². The van der Waals surface area contributed by atoms with Crippen molar-refractivity contribution in [1.29, 1.82) is 0 Å². The number of nitrogens with one attached hydrogen (secondary N) is 1. The Kier molecular flexibility index (Phi) is 8.02. The summed E-state index contributed by atoms with van der Waals surface area (Å²) in [6.45, 7) is 8.05. The van der Waals surface area contributed by atoms with Crippen molar-refractivity contribution in [1.82, 2.24) is 9.13 Å². The minimum absolute atomic E-state index is 0.198. The van der Waals surface area contributed by atoms with Crippen LogP contribution in [0.1, 0.15) is 41.0 Å². The molecule has 0 aliphatic carbocycles. The Morgan fingerprint density at radius 2 is 1.72 bits per heavy atom. The quantitative estimate of drug-likeness (QED) is 0.202. The summed E-state index contributed by atoms with van der Waals surface area (Å²) in [6.07, 6.45) is 1.93. The summed E-state index contributed by atoms with van der Waals surface area (Å²) in [5.41, 5.74) is 7.60.